The SMILES string of the molecule is CC(C)[C@H]1COC(=O)N1C(=O)C(c1ccccc1)N(Cc1ccccc1)Cc1ccccc1. The number of rotatable bonds is 8. The van der Waals surface area contributed by atoms with E-state index in [9.17, 15) is 9.59 Å². The maximum absolute atomic E-state index is 14.1. The normalized spacial score (nSPS) is 16.8. The highest BCUT2D eigenvalue weighted by Crippen LogP contribution is 2.31. The van der Waals surface area contributed by atoms with Crippen LogP contribution in [0.4, 0.5) is 4.79 Å². The van der Waals surface area contributed by atoms with Gasteiger partial charge in [-0.25, -0.2) is 9.69 Å². The van der Waals surface area contributed by atoms with Crippen LogP contribution in [0.15, 0.2) is 91.0 Å². The van der Waals surface area contributed by atoms with Gasteiger partial charge in [0.25, 0.3) is 5.91 Å². The number of imide groups is 1. The van der Waals surface area contributed by atoms with Crippen molar-refractivity contribution in [2.75, 3.05) is 6.61 Å². The Balaban J connectivity index is 1.76. The standard InChI is InChI=1S/C28H30N2O3/c1-21(2)25-20-33-28(32)30(25)27(31)26(24-16-10-5-11-17-24)29(18-22-12-6-3-7-13-22)19-23-14-8-4-9-15-23/h3-17,21,25-26H,18-20H2,1-2H3/t25-,26?/m1/s1. The van der Waals surface area contributed by atoms with Crippen molar-refractivity contribution in [1.82, 2.24) is 9.80 Å². The van der Waals surface area contributed by atoms with Gasteiger partial charge in [0.05, 0.1) is 6.04 Å². The minimum Gasteiger partial charge on any atom is -0.447 e. The van der Waals surface area contributed by atoms with Crippen LogP contribution in [-0.4, -0.2) is 34.4 Å². The molecule has 1 saturated heterocycles. The van der Waals surface area contributed by atoms with E-state index in [1.165, 1.54) is 4.90 Å². The first-order valence-corrected chi connectivity index (χ1v) is 11.4. The smallest absolute Gasteiger partial charge is 0.417 e. The molecule has 1 aliphatic heterocycles. The van der Waals surface area contributed by atoms with E-state index in [2.05, 4.69) is 29.2 Å². The van der Waals surface area contributed by atoms with Gasteiger partial charge < -0.3 is 4.74 Å². The minimum absolute atomic E-state index is 0.105. The van der Waals surface area contributed by atoms with Gasteiger partial charge in [-0.15, -0.1) is 0 Å². The van der Waals surface area contributed by atoms with E-state index in [4.69, 9.17) is 4.74 Å². The molecule has 0 aromatic heterocycles. The predicted molar refractivity (Wildman–Crippen MR) is 128 cm³/mol. The molecule has 0 aliphatic carbocycles. The van der Waals surface area contributed by atoms with Crippen molar-refractivity contribution < 1.29 is 14.3 Å². The number of ether oxygens (including phenoxy) is 1. The highest BCUT2D eigenvalue weighted by atomic mass is 16.6. The number of hydrogen-bond acceptors (Lipinski definition) is 4. The zero-order valence-corrected chi connectivity index (χ0v) is 19.1. The summed E-state index contributed by atoms with van der Waals surface area (Å²) in [4.78, 5) is 30.2. The fourth-order valence-corrected chi connectivity index (χ4v) is 4.33. The predicted octanol–water partition coefficient (Wildman–Crippen LogP) is 5.43. The highest BCUT2D eigenvalue weighted by Gasteiger charge is 2.44. The van der Waals surface area contributed by atoms with Crippen molar-refractivity contribution in [1.29, 1.82) is 0 Å². The number of cyclic esters (lactones) is 1. The van der Waals surface area contributed by atoms with Gasteiger partial charge in [-0.1, -0.05) is 105 Å². The zero-order chi connectivity index (χ0) is 23.2. The lowest BCUT2D eigenvalue weighted by atomic mass is 9.99. The van der Waals surface area contributed by atoms with Crippen molar-refractivity contribution in [2.24, 2.45) is 5.92 Å². The summed E-state index contributed by atoms with van der Waals surface area (Å²) >= 11 is 0. The van der Waals surface area contributed by atoms with Crippen LogP contribution >= 0.6 is 0 Å². The van der Waals surface area contributed by atoms with E-state index >= 15 is 0 Å². The van der Waals surface area contributed by atoms with Gasteiger partial charge in [0.15, 0.2) is 0 Å². The quantitative estimate of drug-likeness (QED) is 0.467. The molecule has 0 saturated carbocycles. The Morgan fingerprint density at radius 3 is 1.85 bits per heavy atom. The third-order valence-electron chi connectivity index (χ3n) is 6.08. The molecule has 2 atom stereocenters. The average molecular weight is 443 g/mol. The van der Waals surface area contributed by atoms with Crippen LogP contribution in [0, 0.1) is 5.92 Å². The van der Waals surface area contributed by atoms with Crippen LogP contribution in [0.25, 0.3) is 0 Å². The second-order valence-corrected chi connectivity index (χ2v) is 8.79. The van der Waals surface area contributed by atoms with Crippen LogP contribution < -0.4 is 0 Å². The first-order valence-electron chi connectivity index (χ1n) is 11.4. The molecule has 3 aromatic rings. The topological polar surface area (TPSA) is 49.9 Å². The summed E-state index contributed by atoms with van der Waals surface area (Å²) in [5.41, 5.74) is 3.06. The molecule has 5 heteroatoms. The summed E-state index contributed by atoms with van der Waals surface area (Å²) in [6.45, 7) is 5.39. The van der Waals surface area contributed by atoms with Gasteiger partial charge in [0.2, 0.25) is 0 Å². The van der Waals surface area contributed by atoms with Crippen molar-refractivity contribution >= 4 is 12.0 Å². The van der Waals surface area contributed by atoms with Crippen LogP contribution in [-0.2, 0) is 22.6 Å². The Hall–Kier alpha value is -3.44. The Kier molecular flexibility index (Phi) is 7.20. The molecule has 1 heterocycles. The Morgan fingerprint density at radius 1 is 0.879 bits per heavy atom. The summed E-state index contributed by atoms with van der Waals surface area (Å²) < 4.78 is 5.31. The first kappa shape index (κ1) is 22.7. The molecule has 0 spiro atoms. The molecule has 3 aromatic carbocycles. The zero-order valence-electron chi connectivity index (χ0n) is 19.1. The second kappa shape index (κ2) is 10.5. The molecule has 33 heavy (non-hydrogen) atoms. The molecule has 4 rings (SSSR count). The molecule has 5 nitrogen and oxygen atoms in total. The maximum Gasteiger partial charge on any atom is 0.417 e. The Bertz CT molecular complexity index is 1010. The third kappa shape index (κ3) is 5.32. The minimum atomic E-state index is -0.626. The van der Waals surface area contributed by atoms with Gasteiger partial charge in [-0.3, -0.25) is 9.69 Å². The summed E-state index contributed by atoms with van der Waals surface area (Å²) in [6, 6.07) is 29.0. The van der Waals surface area contributed by atoms with Gasteiger partial charge in [0.1, 0.15) is 12.6 Å². The van der Waals surface area contributed by atoms with E-state index in [1.807, 2.05) is 80.6 Å². The molecule has 0 bridgehead atoms. The maximum atomic E-state index is 14.1. The molecular formula is C28H30N2O3. The average Bonchev–Trinajstić information content (AvgIpc) is 3.23. The van der Waals surface area contributed by atoms with Crippen molar-refractivity contribution in [3.8, 4) is 0 Å². The van der Waals surface area contributed by atoms with Crippen molar-refractivity contribution in [3.63, 3.8) is 0 Å². The van der Waals surface area contributed by atoms with E-state index < -0.39 is 12.1 Å². The fraction of sp³-hybridized carbons (Fsp3) is 0.286. The van der Waals surface area contributed by atoms with Crippen LogP contribution in [0.3, 0.4) is 0 Å². The monoisotopic (exact) mass is 442 g/mol. The Morgan fingerprint density at radius 2 is 1.36 bits per heavy atom. The van der Waals surface area contributed by atoms with Crippen LogP contribution in [0.1, 0.15) is 36.6 Å². The Labute approximate surface area is 195 Å². The first-order chi connectivity index (χ1) is 16.0. The van der Waals surface area contributed by atoms with Gasteiger partial charge in [0, 0.05) is 13.1 Å². The number of benzene rings is 3. The number of nitrogens with zero attached hydrogens (tertiary/aromatic N) is 2. The molecule has 1 fully saturated rings. The number of hydrogen-bond donors (Lipinski definition) is 0. The molecule has 1 aliphatic rings. The number of amides is 2. The van der Waals surface area contributed by atoms with Crippen molar-refractivity contribution in [3.05, 3.63) is 108 Å². The van der Waals surface area contributed by atoms with E-state index in [0.717, 1.165) is 16.7 Å². The summed E-state index contributed by atoms with van der Waals surface area (Å²) in [5.74, 6) is -0.136. The summed E-state index contributed by atoms with van der Waals surface area (Å²) in [6.07, 6.45) is -0.556. The molecule has 170 valence electrons. The highest BCUT2D eigenvalue weighted by molar-refractivity contribution is 5.97. The largest absolute Gasteiger partial charge is 0.447 e. The summed E-state index contributed by atoms with van der Waals surface area (Å²) in [5, 5.41) is 0. The van der Waals surface area contributed by atoms with E-state index in [-0.39, 0.29) is 24.5 Å². The lowest BCUT2D eigenvalue weighted by Gasteiger charge is -2.35. The molecule has 0 radical (unpaired) electrons. The lowest BCUT2D eigenvalue weighted by Crippen LogP contribution is -2.48. The second-order valence-electron chi connectivity index (χ2n) is 8.79. The fourth-order valence-electron chi connectivity index (χ4n) is 4.33. The molecular weight excluding hydrogens is 412 g/mol. The lowest BCUT2D eigenvalue weighted by molar-refractivity contribution is -0.136. The molecule has 2 amide bonds. The molecule has 0 N–H and O–H groups in total. The number of carbonyl (C=O) groups is 2. The van der Waals surface area contributed by atoms with Gasteiger partial charge in [-0.05, 0) is 22.6 Å². The van der Waals surface area contributed by atoms with E-state index in [1.54, 1.807) is 0 Å². The van der Waals surface area contributed by atoms with Gasteiger partial charge in [-0.2, -0.15) is 0 Å². The van der Waals surface area contributed by atoms with Crippen LogP contribution in [0.5, 0.6) is 0 Å². The van der Waals surface area contributed by atoms with Crippen LogP contribution in [0.2, 0.25) is 0 Å². The van der Waals surface area contributed by atoms with E-state index in [0.29, 0.717) is 13.1 Å². The molecule has 1 unspecified atom stereocenters. The third-order valence-corrected chi connectivity index (χ3v) is 6.08. The van der Waals surface area contributed by atoms with Crippen molar-refractivity contribution in [2.45, 2.75) is 39.0 Å². The van der Waals surface area contributed by atoms with Gasteiger partial charge >= 0.3 is 6.09 Å². The summed E-state index contributed by atoms with van der Waals surface area (Å²) in [7, 11) is 0. The number of carbonyl (C=O) groups excluding carboxylic acids is 2.